The van der Waals surface area contributed by atoms with Crippen molar-refractivity contribution in [2.45, 2.75) is 25.0 Å². The lowest BCUT2D eigenvalue weighted by Gasteiger charge is -2.23. The standard InChI is InChI=1S/C14H20N4O4/c1-3-4-22-14(21)18-8-11(19)6-9(18)5-10-7-16-13(12(15)20)17(10)2/h3,7,9,11,19H,1,4-6,8H2,2H3,(H2,15,20)/t9-,11-/m1/s1. The van der Waals surface area contributed by atoms with Gasteiger partial charge in [0.05, 0.1) is 12.6 Å². The molecule has 3 N–H and O–H groups in total. The Labute approximate surface area is 128 Å². The highest BCUT2D eigenvalue weighted by atomic mass is 16.6. The van der Waals surface area contributed by atoms with Gasteiger partial charge in [-0.1, -0.05) is 12.7 Å². The Hall–Kier alpha value is -2.35. The minimum absolute atomic E-state index is 0.121. The molecule has 0 aliphatic carbocycles. The molecule has 0 radical (unpaired) electrons. The highest BCUT2D eigenvalue weighted by Crippen LogP contribution is 2.22. The summed E-state index contributed by atoms with van der Waals surface area (Å²) < 4.78 is 6.62. The number of aromatic nitrogens is 2. The number of aliphatic hydroxyl groups excluding tert-OH is 1. The van der Waals surface area contributed by atoms with Gasteiger partial charge in [-0.25, -0.2) is 9.78 Å². The molecule has 120 valence electrons. The number of rotatable bonds is 5. The van der Waals surface area contributed by atoms with E-state index in [9.17, 15) is 14.7 Å². The Kier molecular flexibility index (Phi) is 4.81. The monoisotopic (exact) mass is 308 g/mol. The Morgan fingerprint density at radius 1 is 1.64 bits per heavy atom. The van der Waals surface area contributed by atoms with Crippen molar-refractivity contribution in [3.63, 3.8) is 0 Å². The van der Waals surface area contributed by atoms with Crippen LogP contribution in [0.15, 0.2) is 18.9 Å². The highest BCUT2D eigenvalue weighted by molar-refractivity contribution is 5.89. The number of likely N-dealkylation sites (tertiary alicyclic amines) is 1. The summed E-state index contributed by atoms with van der Waals surface area (Å²) in [7, 11) is 1.69. The smallest absolute Gasteiger partial charge is 0.410 e. The predicted octanol–water partition coefficient (Wildman–Crippen LogP) is -0.181. The van der Waals surface area contributed by atoms with Crippen molar-refractivity contribution in [1.82, 2.24) is 14.5 Å². The van der Waals surface area contributed by atoms with Crippen molar-refractivity contribution >= 4 is 12.0 Å². The van der Waals surface area contributed by atoms with E-state index in [-0.39, 0.29) is 25.0 Å². The molecule has 1 saturated heterocycles. The Morgan fingerprint density at radius 3 is 2.95 bits per heavy atom. The second-order valence-electron chi connectivity index (χ2n) is 5.26. The van der Waals surface area contributed by atoms with Gasteiger partial charge in [0.1, 0.15) is 6.61 Å². The van der Waals surface area contributed by atoms with Crippen LogP contribution in [0, 0.1) is 0 Å². The predicted molar refractivity (Wildman–Crippen MR) is 78.1 cm³/mol. The van der Waals surface area contributed by atoms with Crippen LogP contribution in [0.4, 0.5) is 4.79 Å². The maximum Gasteiger partial charge on any atom is 0.410 e. The second-order valence-corrected chi connectivity index (χ2v) is 5.26. The number of imidazole rings is 1. The van der Waals surface area contributed by atoms with Gasteiger partial charge in [0.15, 0.2) is 5.82 Å². The number of primary amides is 1. The largest absolute Gasteiger partial charge is 0.445 e. The van der Waals surface area contributed by atoms with E-state index in [1.54, 1.807) is 17.8 Å². The number of carbonyl (C=O) groups excluding carboxylic acids is 2. The molecule has 2 heterocycles. The van der Waals surface area contributed by atoms with Crippen LogP contribution in [0.2, 0.25) is 0 Å². The first-order valence-corrected chi connectivity index (χ1v) is 6.96. The van der Waals surface area contributed by atoms with E-state index in [4.69, 9.17) is 10.5 Å². The quantitative estimate of drug-likeness (QED) is 0.733. The summed E-state index contributed by atoms with van der Waals surface area (Å²) in [6.45, 7) is 3.84. The molecule has 0 spiro atoms. The number of ether oxygens (including phenoxy) is 1. The average molecular weight is 308 g/mol. The van der Waals surface area contributed by atoms with Gasteiger partial charge in [0.2, 0.25) is 0 Å². The van der Waals surface area contributed by atoms with E-state index >= 15 is 0 Å². The van der Waals surface area contributed by atoms with Crippen LogP contribution < -0.4 is 5.73 Å². The Bertz CT molecular complexity index is 583. The molecule has 1 aromatic heterocycles. The van der Waals surface area contributed by atoms with Crippen molar-refractivity contribution < 1.29 is 19.4 Å². The first-order chi connectivity index (χ1) is 10.4. The van der Waals surface area contributed by atoms with Crippen molar-refractivity contribution in [2.75, 3.05) is 13.2 Å². The lowest BCUT2D eigenvalue weighted by molar-refractivity contribution is 0.0983. The highest BCUT2D eigenvalue weighted by Gasteiger charge is 2.35. The molecule has 2 amide bonds. The molecule has 8 nitrogen and oxygen atoms in total. The molecule has 22 heavy (non-hydrogen) atoms. The minimum Gasteiger partial charge on any atom is -0.445 e. The maximum atomic E-state index is 12.0. The number of nitrogens with two attached hydrogens (primary N) is 1. The van der Waals surface area contributed by atoms with E-state index in [0.717, 1.165) is 5.69 Å². The molecule has 1 aliphatic rings. The van der Waals surface area contributed by atoms with Crippen LogP contribution in [-0.4, -0.2) is 56.9 Å². The summed E-state index contributed by atoms with van der Waals surface area (Å²) in [5.74, 6) is -0.447. The molecule has 0 saturated carbocycles. The number of hydrogen-bond acceptors (Lipinski definition) is 5. The van der Waals surface area contributed by atoms with Gasteiger partial charge in [-0.3, -0.25) is 4.79 Å². The zero-order chi connectivity index (χ0) is 16.3. The van der Waals surface area contributed by atoms with Crippen LogP contribution in [0.5, 0.6) is 0 Å². The van der Waals surface area contributed by atoms with Gasteiger partial charge in [0.25, 0.3) is 5.91 Å². The van der Waals surface area contributed by atoms with Gasteiger partial charge in [0, 0.05) is 31.4 Å². The van der Waals surface area contributed by atoms with Crippen LogP contribution in [0.1, 0.15) is 22.7 Å². The van der Waals surface area contributed by atoms with Gasteiger partial charge in [-0.15, -0.1) is 0 Å². The molecule has 2 atom stereocenters. The third-order valence-corrected chi connectivity index (χ3v) is 3.70. The number of nitrogens with zero attached hydrogens (tertiary/aromatic N) is 3. The van der Waals surface area contributed by atoms with Crippen molar-refractivity contribution in [3.8, 4) is 0 Å². The Morgan fingerprint density at radius 2 is 2.36 bits per heavy atom. The molecule has 1 aliphatic heterocycles. The van der Waals surface area contributed by atoms with Crippen LogP contribution >= 0.6 is 0 Å². The summed E-state index contributed by atoms with van der Waals surface area (Å²) >= 11 is 0. The molecule has 0 unspecified atom stereocenters. The van der Waals surface area contributed by atoms with Crippen LogP contribution in [-0.2, 0) is 18.2 Å². The summed E-state index contributed by atoms with van der Waals surface area (Å²) in [5.41, 5.74) is 5.99. The number of β-amino-alcohol motifs (C(OH)–C–C–N with tert-alkyl or cyclic N) is 1. The van der Waals surface area contributed by atoms with E-state index in [1.807, 2.05) is 0 Å². The van der Waals surface area contributed by atoms with Crippen LogP contribution in [0.3, 0.4) is 0 Å². The number of hydrogen-bond donors (Lipinski definition) is 2. The SMILES string of the molecule is C=CCOC(=O)N1C[C@H](O)C[C@H]1Cc1cnc(C(N)=O)n1C. The summed E-state index contributed by atoms with van der Waals surface area (Å²) in [6, 6.07) is -0.219. The molecule has 0 bridgehead atoms. The maximum absolute atomic E-state index is 12.0. The first-order valence-electron chi connectivity index (χ1n) is 6.96. The summed E-state index contributed by atoms with van der Waals surface area (Å²) in [4.78, 5) is 28.7. The number of carbonyl (C=O) groups is 2. The van der Waals surface area contributed by atoms with E-state index < -0.39 is 18.1 Å². The molecule has 8 heteroatoms. The van der Waals surface area contributed by atoms with Crippen LogP contribution in [0.25, 0.3) is 0 Å². The second kappa shape index (κ2) is 6.61. The zero-order valence-corrected chi connectivity index (χ0v) is 12.4. The normalized spacial score (nSPS) is 20.9. The fourth-order valence-corrected chi connectivity index (χ4v) is 2.63. The first kappa shape index (κ1) is 16.0. The van der Waals surface area contributed by atoms with Crippen molar-refractivity contribution in [3.05, 3.63) is 30.4 Å². The fraction of sp³-hybridized carbons (Fsp3) is 0.500. The van der Waals surface area contributed by atoms with Gasteiger partial charge < -0.3 is 25.0 Å². The number of aliphatic hydroxyl groups is 1. The van der Waals surface area contributed by atoms with Gasteiger partial charge in [-0.2, -0.15) is 0 Å². The van der Waals surface area contributed by atoms with Crippen molar-refractivity contribution in [2.24, 2.45) is 12.8 Å². The molecule has 1 aromatic rings. The topological polar surface area (TPSA) is 111 Å². The van der Waals surface area contributed by atoms with Gasteiger partial charge >= 0.3 is 6.09 Å². The molecular formula is C14H20N4O4. The third-order valence-electron chi connectivity index (χ3n) is 3.70. The lowest BCUT2D eigenvalue weighted by atomic mass is 10.1. The fourth-order valence-electron chi connectivity index (χ4n) is 2.63. The minimum atomic E-state index is -0.609. The van der Waals surface area contributed by atoms with E-state index in [1.165, 1.54) is 11.0 Å². The third kappa shape index (κ3) is 3.28. The molecule has 0 aromatic carbocycles. The average Bonchev–Trinajstić information content (AvgIpc) is 3.00. The summed E-state index contributed by atoms with van der Waals surface area (Å²) in [6.07, 6.45) is 2.86. The molecule has 2 rings (SSSR count). The van der Waals surface area contributed by atoms with Crippen molar-refractivity contribution in [1.29, 1.82) is 0 Å². The summed E-state index contributed by atoms with van der Waals surface area (Å²) in [5, 5.41) is 9.82. The number of amides is 2. The lowest BCUT2D eigenvalue weighted by Crippen LogP contribution is -2.38. The molecular weight excluding hydrogens is 288 g/mol. The van der Waals surface area contributed by atoms with E-state index in [0.29, 0.717) is 12.8 Å². The molecule has 1 fully saturated rings. The zero-order valence-electron chi connectivity index (χ0n) is 12.4. The van der Waals surface area contributed by atoms with Gasteiger partial charge in [-0.05, 0) is 6.42 Å². The Balaban J connectivity index is 2.11. The van der Waals surface area contributed by atoms with E-state index in [2.05, 4.69) is 11.6 Å².